The van der Waals surface area contributed by atoms with Crippen molar-refractivity contribution in [3.8, 4) is 0 Å². The number of carbonyl (C=O) groups is 1. The largest absolute Gasteiger partial charge is 0.390 e. The molecule has 1 amide bonds. The summed E-state index contributed by atoms with van der Waals surface area (Å²) in [6.45, 7) is 0. The summed E-state index contributed by atoms with van der Waals surface area (Å²) in [5.74, 6) is -3.69. The van der Waals surface area contributed by atoms with Gasteiger partial charge in [-0.25, -0.2) is 9.37 Å². The summed E-state index contributed by atoms with van der Waals surface area (Å²) < 4.78 is 33.6. The molecule has 2 aliphatic rings. The number of nitrogens with one attached hydrogen (secondary N) is 1. The van der Waals surface area contributed by atoms with E-state index in [1.165, 1.54) is 12.1 Å². The summed E-state index contributed by atoms with van der Waals surface area (Å²) >= 11 is 11.8. The molecule has 27 heavy (non-hydrogen) atoms. The maximum Gasteiger partial charge on any atom is 0.230 e. The third kappa shape index (κ3) is 3.29. The van der Waals surface area contributed by atoms with Gasteiger partial charge in [0.1, 0.15) is 5.82 Å². The Kier molecular flexibility index (Phi) is 4.80. The van der Waals surface area contributed by atoms with E-state index in [1.807, 2.05) is 0 Å². The molecular weight excluding hydrogens is 401 g/mol. The van der Waals surface area contributed by atoms with Crippen molar-refractivity contribution in [2.75, 3.05) is 5.32 Å². The number of halogens is 4. The molecule has 2 saturated heterocycles. The molecule has 0 aliphatic carbocycles. The third-order valence-electron chi connectivity index (χ3n) is 5.03. The summed E-state index contributed by atoms with van der Waals surface area (Å²) in [6, 6.07) is 5.55. The van der Waals surface area contributed by atoms with Gasteiger partial charge in [0, 0.05) is 23.6 Å². The van der Waals surface area contributed by atoms with Crippen LogP contribution in [-0.2, 0) is 9.53 Å². The lowest BCUT2D eigenvalue weighted by Crippen LogP contribution is -2.41. The summed E-state index contributed by atoms with van der Waals surface area (Å²) in [5.41, 5.74) is 0.376. The van der Waals surface area contributed by atoms with Crippen molar-refractivity contribution in [2.45, 2.75) is 30.7 Å². The molecule has 2 fully saturated rings. The summed E-state index contributed by atoms with van der Waals surface area (Å²) in [4.78, 5) is 16.2. The number of hydrogen-bond acceptors (Lipinski definition) is 4. The van der Waals surface area contributed by atoms with Crippen LogP contribution in [0.4, 0.5) is 14.5 Å². The molecule has 2 aromatic rings. The van der Waals surface area contributed by atoms with Crippen LogP contribution in [-0.4, -0.2) is 34.3 Å². The number of hydrogen-bond donors (Lipinski definition) is 2. The van der Waals surface area contributed by atoms with E-state index in [0.29, 0.717) is 10.7 Å². The van der Waals surface area contributed by atoms with Gasteiger partial charge in [-0.3, -0.25) is 4.79 Å². The fourth-order valence-electron chi connectivity index (χ4n) is 3.90. The quantitative estimate of drug-likeness (QED) is 0.753. The Hall–Kier alpha value is -1.80. The molecule has 2 N–H and O–H groups in total. The maximum atomic E-state index is 14.3. The van der Waals surface area contributed by atoms with Crippen molar-refractivity contribution in [1.29, 1.82) is 0 Å². The fourth-order valence-corrected chi connectivity index (χ4v) is 4.19. The van der Waals surface area contributed by atoms with E-state index >= 15 is 0 Å². The van der Waals surface area contributed by atoms with Crippen LogP contribution in [0, 0.1) is 17.7 Å². The molecule has 0 spiro atoms. The van der Waals surface area contributed by atoms with E-state index in [9.17, 15) is 18.7 Å². The Morgan fingerprint density at radius 1 is 1.26 bits per heavy atom. The van der Waals surface area contributed by atoms with E-state index in [2.05, 4.69) is 10.3 Å². The summed E-state index contributed by atoms with van der Waals surface area (Å²) in [7, 11) is 0. The molecule has 3 heterocycles. The van der Waals surface area contributed by atoms with Crippen molar-refractivity contribution in [3.05, 3.63) is 57.8 Å². The maximum absolute atomic E-state index is 14.3. The second-order valence-corrected chi connectivity index (χ2v) is 7.45. The van der Waals surface area contributed by atoms with Crippen molar-refractivity contribution in [3.63, 3.8) is 0 Å². The van der Waals surface area contributed by atoms with Crippen LogP contribution in [0.2, 0.25) is 10.0 Å². The first-order chi connectivity index (χ1) is 12.8. The average molecular weight is 415 g/mol. The highest BCUT2D eigenvalue weighted by Crippen LogP contribution is 2.49. The number of aromatic nitrogens is 1. The van der Waals surface area contributed by atoms with E-state index in [4.69, 9.17) is 27.9 Å². The van der Waals surface area contributed by atoms with Crippen LogP contribution in [0.15, 0.2) is 30.5 Å². The lowest BCUT2D eigenvalue weighted by atomic mass is 9.74. The van der Waals surface area contributed by atoms with Gasteiger partial charge in [0.2, 0.25) is 11.9 Å². The summed E-state index contributed by atoms with van der Waals surface area (Å²) in [5, 5.41) is 13.5. The molecular formula is C18H14Cl2F2N2O3. The number of ether oxygens (including phenoxy) is 1. The minimum atomic E-state index is -0.868. The monoisotopic (exact) mass is 414 g/mol. The van der Waals surface area contributed by atoms with Gasteiger partial charge >= 0.3 is 0 Å². The second-order valence-electron chi connectivity index (χ2n) is 6.64. The highest BCUT2D eigenvalue weighted by atomic mass is 35.5. The Bertz CT molecular complexity index is 914. The fraction of sp³-hybridized carbons (Fsp3) is 0.333. The molecule has 0 saturated carbocycles. The number of benzene rings is 1. The number of pyridine rings is 1. The van der Waals surface area contributed by atoms with Crippen LogP contribution in [0.1, 0.15) is 17.9 Å². The Labute approximate surface area is 163 Å². The number of amides is 1. The number of aliphatic hydroxyl groups excluding tert-OH is 1. The lowest BCUT2D eigenvalue weighted by Gasteiger charge is -2.30. The smallest absolute Gasteiger partial charge is 0.230 e. The molecule has 5 nitrogen and oxygen atoms in total. The number of aliphatic hydroxyl groups is 1. The van der Waals surface area contributed by atoms with Crippen LogP contribution in [0.5, 0.6) is 0 Å². The van der Waals surface area contributed by atoms with Crippen LogP contribution in [0.3, 0.4) is 0 Å². The third-order valence-corrected chi connectivity index (χ3v) is 5.77. The van der Waals surface area contributed by atoms with Gasteiger partial charge in [0.25, 0.3) is 0 Å². The van der Waals surface area contributed by atoms with E-state index in [-0.39, 0.29) is 17.0 Å². The highest BCUT2D eigenvalue weighted by Gasteiger charge is 2.57. The molecule has 4 rings (SSSR count). The first-order valence-electron chi connectivity index (χ1n) is 8.25. The highest BCUT2D eigenvalue weighted by molar-refractivity contribution is 6.42. The number of nitrogens with zero attached hydrogens (tertiary/aromatic N) is 1. The molecule has 0 radical (unpaired) electrons. The van der Waals surface area contributed by atoms with Gasteiger partial charge < -0.3 is 15.2 Å². The van der Waals surface area contributed by atoms with Gasteiger partial charge in [-0.15, -0.1) is 0 Å². The van der Waals surface area contributed by atoms with E-state index in [1.54, 1.807) is 6.07 Å². The van der Waals surface area contributed by atoms with Crippen molar-refractivity contribution in [2.24, 2.45) is 5.92 Å². The van der Waals surface area contributed by atoms with Crippen LogP contribution >= 0.6 is 23.2 Å². The molecule has 1 aromatic heterocycles. The molecule has 9 heteroatoms. The minimum absolute atomic E-state index is 0.0389. The molecule has 142 valence electrons. The SMILES string of the molecule is O=C(Nc1ccc(Cl)c(Cl)c1)[C@H]1[C@@H](c2cc(F)ncc2F)[C@H]2O[C@@H]1C[C@@H]2O. The molecule has 2 bridgehead atoms. The lowest BCUT2D eigenvalue weighted by molar-refractivity contribution is -0.122. The van der Waals surface area contributed by atoms with Crippen molar-refractivity contribution >= 4 is 34.8 Å². The first-order valence-corrected chi connectivity index (χ1v) is 9.01. The second kappa shape index (κ2) is 6.98. The zero-order valence-corrected chi connectivity index (χ0v) is 15.2. The number of anilines is 1. The molecule has 0 unspecified atom stereocenters. The number of rotatable bonds is 3. The van der Waals surface area contributed by atoms with Gasteiger partial charge in [0.15, 0.2) is 0 Å². The predicted molar refractivity (Wildman–Crippen MR) is 94.8 cm³/mol. The first kappa shape index (κ1) is 18.6. The molecule has 1 aromatic carbocycles. The van der Waals surface area contributed by atoms with Gasteiger partial charge in [-0.05, 0) is 24.3 Å². The molecule has 5 atom stereocenters. The van der Waals surface area contributed by atoms with E-state index in [0.717, 1.165) is 12.3 Å². The Morgan fingerprint density at radius 2 is 2.04 bits per heavy atom. The number of carbonyl (C=O) groups excluding carboxylic acids is 1. The predicted octanol–water partition coefficient (Wildman–Crippen LogP) is 3.54. The zero-order chi connectivity index (χ0) is 19.3. The van der Waals surface area contributed by atoms with Crippen LogP contribution < -0.4 is 5.32 Å². The topological polar surface area (TPSA) is 71.5 Å². The zero-order valence-electron chi connectivity index (χ0n) is 13.7. The summed E-state index contributed by atoms with van der Waals surface area (Å²) in [6.07, 6.45) is -1.25. The van der Waals surface area contributed by atoms with Crippen LogP contribution in [0.25, 0.3) is 0 Å². The van der Waals surface area contributed by atoms with Gasteiger partial charge in [-0.1, -0.05) is 23.2 Å². The van der Waals surface area contributed by atoms with Crippen molar-refractivity contribution < 1.29 is 23.4 Å². The Morgan fingerprint density at radius 3 is 2.78 bits per heavy atom. The Balaban J connectivity index is 1.66. The van der Waals surface area contributed by atoms with Gasteiger partial charge in [0.05, 0.1) is 40.5 Å². The minimum Gasteiger partial charge on any atom is -0.390 e. The average Bonchev–Trinajstić information content (AvgIpc) is 3.17. The normalized spacial score (nSPS) is 29.1. The molecule has 2 aliphatic heterocycles. The van der Waals surface area contributed by atoms with Crippen molar-refractivity contribution in [1.82, 2.24) is 4.98 Å². The van der Waals surface area contributed by atoms with Gasteiger partial charge in [-0.2, -0.15) is 4.39 Å². The van der Waals surface area contributed by atoms with E-state index < -0.39 is 47.8 Å². The number of fused-ring (bicyclic) bond motifs is 2. The standard InChI is InChI=1S/C18H14Cl2F2N2O3/c19-9-2-1-7(3-10(9)20)24-18(26)16-13-5-12(25)17(27-13)15(16)8-4-14(22)23-6-11(8)21/h1-4,6,12-13,15-17,25H,5H2,(H,24,26)/t12-,13+,15+,16+,17-/m0/s1.